The van der Waals surface area contributed by atoms with E-state index >= 15 is 0 Å². The molecule has 1 unspecified atom stereocenters. The fourth-order valence-corrected chi connectivity index (χ4v) is 2.46. The molecule has 0 aromatic carbocycles. The molecule has 0 spiro atoms. The Balaban J connectivity index is 0.000000171. The molecular weight excluding hydrogens is 214 g/mol. The Bertz CT molecular complexity index is 206. The summed E-state index contributed by atoms with van der Waals surface area (Å²) in [5, 5.41) is 11.6. The SMILES string of the molecule is CCC1C[CH]CCC1.O=C(O)C1CCNCC1. The van der Waals surface area contributed by atoms with Gasteiger partial charge in [-0.15, -0.1) is 0 Å². The van der Waals surface area contributed by atoms with E-state index < -0.39 is 5.97 Å². The number of aliphatic carboxylic acids is 1. The van der Waals surface area contributed by atoms with Crippen molar-refractivity contribution in [1.82, 2.24) is 5.32 Å². The fourth-order valence-electron chi connectivity index (χ4n) is 2.46. The van der Waals surface area contributed by atoms with Crippen molar-refractivity contribution in [1.29, 1.82) is 0 Å². The quantitative estimate of drug-likeness (QED) is 0.780. The van der Waals surface area contributed by atoms with Crippen molar-refractivity contribution in [3.8, 4) is 0 Å². The van der Waals surface area contributed by atoms with E-state index in [2.05, 4.69) is 18.7 Å². The zero-order chi connectivity index (χ0) is 12.5. The molecule has 3 heteroatoms. The highest BCUT2D eigenvalue weighted by Crippen LogP contribution is 2.24. The van der Waals surface area contributed by atoms with E-state index in [1.165, 1.54) is 32.1 Å². The van der Waals surface area contributed by atoms with Gasteiger partial charge in [0, 0.05) is 0 Å². The first-order chi connectivity index (χ1) is 8.24. The number of hydrogen-bond donors (Lipinski definition) is 2. The molecule has 2 fully saturated rings. The molecule has 1 saturated heterocycles. The van der Waals surface area contributed by atoms with Gasteiger partial charge in [-0.2, -0.15) is 0 Å². The molecule has 1 saturated carbocycles. The Morgan fingerprint density at radius 1 is 1.35 bits per heavy atom. The Hall–Kier alpha value is -0.570. The second-order valence-corrected chi connectivity index (χ2v) is 5.09. The lowest BCUT2D eigenvalue weighted by Gasteiger charge is -2.18. The van der Waals surface area contributed by atoms with E-state index in [0.717, 1.165) is 31.8 Å². The first-order valence-electron chi connectivity index (χ1n) is 6.99. The van der Waals surface area contributed by atoms with E-state index in [-0.39, 0.29) is 5.92 Å². The summed E-state index contributed by atoms with van der Waals surface area (Å²) in [7, 11) is 0. The summed E-state index contributed by atoms with van der Waals surface area (Å²) in [5.41, 5.74) is 0. The third-order valence-electron chi connectivity index (χ3n) is 3.79. The van der Waals surface area contributed by atoms with E-state index in [1.54, 1.807) is 0 Å². The largest absolute Gasteiger partial charge is 0.481 e. The van der Waals surface area contributed by atoms with Crippen LogP contribution >= 0.6 is 0 Å². The molecule has 1 aliphatic heterocycles. The third-order valence-corrected chi connectivity index (χ3v) is 3.79. The minimum atomic E-state index is -0.642. The van der Waals surface area contributed by atoms with Crippen LogP contribution in [0.5, 0.6) is 0 Å². The minimum absolute atomic E-state index is 0.0914. The van der Waals surface area contributed by atoms with Gasteiger partial charge in [0.1, 0.15) is 0 Å². The first kappa shape index (κ1) is 14.5. The van der Waals surface area contributed by atoms with E-state index in [4.69, 9.17) is 5.11 Å². The summed E-state index contributed by atoms with van der Waals surface area (Å²) >= 11 is 0. The zero-order valence-corrected chi connectivity index (χ0v) is 11.0. The van der Waals surface area contributed by atoms with Gasteiger partial charge in [-0.3, -0.25) is 4.79 Å². The molecule has 1 atom stereocenters. The van der Waals surface area contributed by atoms with Gasteiger partial charge in [-0.25, -0.2) is 0 Å². The molecule has 1 heterocycles. The number of hydrogen-bond acceptors (Lipinski definition) is 2. The molecule has 0 amide bonds. The van der Waals surface area contributed by atoms with Crippen LogP contribution in [0.15, 0.2) is 0 Å². The van der Waals surface area contributed by atoms with Gasteiger partial charge in [0.25, 0.3) is 0 Å². The van der Waals surface area contributed by atoms with Crippen LogP contribution in [0.25, 0.3) is 0 Å². The number of carboxylic acids is 1. The maximum absolute atomic E-state index is 10.3. The van der Waals surface area contributed by atoms with Crippen LogP contribution in [-0.4, -0.2) is 24.2 Å². The molecule has 0 aromatic rings. The van der Waals surface area contributed by atoms with Gasteiger partial charge in [0.05, 0.1) is 5.92 Å². The molecule has 3 nitrogen and oxygen atoms in total. The van der Waals surface area contributed by atoms with Gasteiger partial charge in [0.2, 0.25) is 0 Å². The number of piperidine rings is 1. The summed E-state index contributed by atoms with van der Waals surface area (Å²) in [6.07, 6.45) is 11.1. The summed E-state index contributed by atoms with van der Waals surface area (Å²) < 4.78 is 0. The predicted octanol–water partition coefficient (Wildman–Crippen LogP) is 2.86. The van der Waals surface area contributed by atoms with Crippen LogP contribution in [0, 0.1) is 18.3 Å². The molecule has 99 valence electrons. The average Bonchev–Trinajstić information content (AvgIpc) is 2.41. The van der Waals surface area contributed by atoms with Crippen LogP contribution < -0.4 is 5.32 Å². The van der Waals surface area contributed by atoms with E-state index in [0.29, 0.717) is 0 Å². The van der Waals surface area contributed by atoms with Crippen LogP contribution in [0.2, 0.25) is 0 Å². The second kappa shape index (κ2) is 8.51. The Morgan fingerprint density at radius 2 is 2.06 bits per heavy atom. The standard InChI is InChI=1S/C8H15.C6H11NO2/c1-2-8-6-4-3-5-7-8;8-6(9)5-1-3-7-4-2-5/h4,8H,2-3,5-7H2,1H3;5,7H,1-4H2,(H,8,9). The molecular formula is C14H26NO2. The van der Waals surface area contributed by atoms with Crippen molar-refractivity contribution >= 4 is 5.97 Å². The summed E-state index contributed by atoms with van der Waals surface area (Å²) in [4.78, 5) is 10.3. The van der Waals surface area contributed by atoms with Gasteiger partial charge < -0.3 is 10.4 Å². The lowest BCUT2D eigenvalue weighted by Crippen LogP contribution is -2.31. The third kappa shape index (κ3) is 6.06. The lowest BCUT2D eigenvalue weighted by molar-refractivity contribution is -0.142. The summed E-state index contributed by atoms with van der Waals surface area (Å²) in [5.74, 6) is 0.298. The molecule has 17 heavy (non-hydrogen) atoms. The number of carboxylic acid groups (broad SMARTS) is 1. The van der Waals surface area contributed by atoms with Crippen molar-refractivity contribution in [2.75, 3.05) is 13.1 Å². The van der Waals surface area contributed by atoms with Crippen LogP contribution in [-0.2, 0) is 4.79 Å². The molecule has 0 bridgehead atoms. The predicted molar refractivity (Wildman–Crippen MR) is 69.8 cm³/mol. The highest BCUT2D eigenvalue weighted by Gasteiger charge is 2.19. The lowest BCUT2D eigenvalue weighted by atomic mass is 9.88. The summed E-state index contributed by atoms with van der Waals surface area (Å²) in [6.45, 7) is 4.01. The normalized spacial score (nSPS) is 22.6. The molecule has 1 aliphatic carbocycles. The van der Waals surface area contributed by atoms with Crippen molar-refractivity contribution in [3.63, 3.8) is 0 Å². The van der Waals surface area contributed by atoms with Crippen LogP contribution in [0.1, 0.15) is 51.9 Å². The molecule has 2 aliphatic rings. The zero-order valence-electron chi connectivity index (χ0n) is 11.0. The average molecular weight is 240 g/mol. The Kier molecular flexibility index (Phi) is 7.25. The number of nitrogens with one attached hydrogen (secondary N) is 1. The highest BCUT2D eigenvalue weighted by atomic mass is 16.4. The topological polar surface area (TPSA) is 49.3 Å². The van der Waals surface area contributed by atoms with Gasteiger partial charge in [0.15, 0.2) is 0 Å². The highest BCUT2D eigenvalue weighted by molar-refractivity contribution is 5.70. The first-order valence-corrected chi connectivity index (χ1v) is 6.99. The van der Waals surface area contributed by atoms with Crippen molar-refractivity contribution in [2.24, 2.45) is 11.8 Å². The molecule has 2 rings (SSSR count). The molecule has 0 aromatic heterocycles. The van der Waals surface area contributed by atoms with E-state index in [1.807, 2.05) is 0 Å². The minimum Gasteiger partial charge on any atom is -0.481 e. The van der Waals surface area contributed by atoms with Crippen molar-refractivity contribution in [2.45, 2.75) is 51.9 Å². The van der Waals surface area contributed by atoms with Crippen molar-refractivity contribution in [3.05, 3.63) is 6.42 Å². The number of rotatable bonds is 2. The molecule has 2 N–H and O–H groups in total. The fraction of sp³-hybridized carbons (Fsp3) is 0.857. The molecule has 1 radical (unpaired) electrons. The monoisotopic (exact) mass is 240 g/mol. The van der Waals surface area contributed by atoms with Gasteiger partial charge in [-0.1, -0.05) is 32.6 Å². The second-order valence-electron chi connectivity index (χ2n) is 5.09. The van der Waals surface area contributed by atoms with Crippen molar-refractivity contribution < 1.29 is 9.90 Å². The van der Waals surface area contributed by atoms with Crippen LogP contribution in [0.4, 0.5) is 0 Å². The van der Waals surface area contributed by atoms with Gasteiger partial charge in [-0.05, 0) is 44.7 Å². The maximum Gasteiger partial charge on any atom is 0.306 e. The Labute approximate surface area is 105 Å². The van der Waals surface area contributed by atoms with E-state index in [9.17, 15) is 4.79 Å². The van der Waals surface area contributed by atoms with Crippen LogP contribution in [0.3, 0.4) is 0 Å². The van der Waals surface area contributed by atoms with Gasteiger partial charge >= 0.3 is 5.97 Å². The number of carbonyl (C=O) groups is 1. The Morgan fingerprint density at radius 3 is 2.41 bits per heavy atom. The summed E-state index contributed by atoms with van der Waals surface area (Å²) in [6, 6.07) is 0. The smallest absolute Gasteiger partial charge is 0.306 e. The maximum atomic E-state index is 10.3.